The van der Waals surface area contributed by atoms with Crippen molar-refractivity contribution in [2.45, 2.75) is 26.3 Å². The highest BCUT2D eigenvalue weighted by molar-refractivity contribution is 6.21. The number of hydrogen-bond donors (Lipinski definition) is 1. The SMILES string of the molecule is CCC(C)C1NC(=O)N(c2ccc(F)cc2)C1=O. The van der Waals surface area contributed by atoms with E-state index in [1.54, 1.807) is 0 Å². The van der Waals surface area contributed by atoms with Crippen LogP contribution in [0.5, 0.6) is 0 Å². The van der Waals surface area contributed by atoms with Gasteiger partial charge in [-0.25, -0.2) is 14.1 Å². The van der Waals surface area contributed by atoms with Crippen molar-refractivity contribution in [2.75, 3.05) is 4.90 Å². The zero-order chi connectivity index (χ0) is 13.3. The minimum atomic E-state index is -0.493. The molecule has 18 heavy (non-hydrogen) atoms. The van der Waals surface area contributed by atoms with Gasteiger partial charge >= 0.3 is 6.03 Å². The highest BCUT2D eigenvalue weighted by Gasteiger charge is 2.41. The number of hydrogen-bond acceptors (Lipinski definition) is 2. The normalized spacial score (nSPS) is 21.1. The number of carbonyl (C=O) groups is 2. The molecular weight excluding hydrogens is 235 g/mol. The Labute approximate surface area is 105 Å². The summed E-state index contributed by atoms with van der Waals surface area (Å²) in [5.74, 6) is -0.600. The van der Waals surface area contributed by atoms with Crippen molar-refractivity contribution in [3.63, 3.8) is 0 Å². The van der Waals surface area contributed by atoms with Crippen LogP contribution in [0.3, 0.4) is 0 Å². The molecule has 2 unspecified atom stereocenters. The molecule has 0 aliphatic carbocycles. The molecule has 1 aromatic carbocycles. The topological polar surface area (TPSA) is 49.4 Å². The van der Waals surface area contributed by atoms with Gasteiger partial charge in [0.15, 0.2) is 0 Å². The van der Waals surface area contributed by atoms with Crippen molar-refractivity contribution in [2.24, 2.45) is 5.92 Å². The number of anilines is 1. The second-order valence-electron chi connectivity index (χ2n) is 4.46. The Morgan fingerprint density at radius 1 is 1.33 bits per heavy atom. The van der Waals surface area contributed by atoms with E-state index in [0.717, 1.165) is 11.3 Å². The van der Waals surface area contributed by atoms with E-state index in [9.17, 15) is 14.0 Å². The molecule has 4 nitrogen and oxygen atoms in total. The molecule has 0 saturated carbocycles. The summed E-state index contributed by atoms with van der Waals surface area (Å²) in [5, 5.41) is 2.66. The van der Waals surface area contributed by atoms with Crippen molar-refractivity contribution < 1.29 is 14.0 Å². The lowest BCUT2D eigenvalue weighted by Crippen LogP contribution is -2.35. The summed E-state index contributed by atoms with van der Waals surface area (Å²) in [6, 6.07) is 4.36. The lowest BCUT2D eigenvalue weighted by molar-refractivity contribution is -0.119. The first kappa shape index (κ1) is 12.5. The molecule has 1 N–H and O–H groups in total. The van der Waals surface area contributed by atoms with Crippen LogP contribution in [0.1, 0.15) is 20.3 Å². The predicted molar refractivity (Wildman–Crippen MR) is 65.7 cm³/mol. The summed E-state index contributed by atoms with van der Waals surface area (Å²) in [5.41, 5.74) is 0.393. The molecule has 1 heterocycles. The number of amides is 3. The molecule has 3 amide bonds. The summed E-state index contributed by atoms with van der Waals surface area (Å²) in [6.07, 6.45) is 0.800. The summed E-state index contributed by atoms with van der Waals surface area (Å²) in [7, 11) is 0. The number of nitrogens with one attached hydrogen (secondary N) is 1. The summed E-state index contributed by atoms with van der Waals surface area (Å²) in [4.78, 5) is 25.0. The zero-order valence-corrected chi connectivity index (χ0v) is 10.3. The van der Waals surface area contributed by atoms with Crippen LogP contribution < -0.4 is 10.2 Å². The van der Waals surface area contributed by atoms with Crippen LogP contribution in [-0.4, -0.2) is 18.0 Å². The smallest absolute Gasteiger partial charge is 0.325 e. The number of urea groups is 1. The van der Waals surface area contributed by atoms with Crippen LogP contribution >= 0.6 is 0 Å². The van der Waals surface area contributed by atoms with Crippen LogP contribution in [0, 0.1) is 11.7 Å². The molecule has 96 valence electrons. The second kappa shape index (κ2) is 4.76. The van der Waals surface area contributed by atoms with Crippen molar-refractivity contribution in [3.8, 4) is 0 Å². The molecule has 0 bridgehead atoms. The molecule has 1 fully saturated rings. The maximum Gasteiger partial charge on any atom is 0.329 e. The largest absolute Gasteiger partial charge is 0.329 e. The number of benzene rings is 1. The highest BCUT2D eigenvalue weighted by Crippen LogP contribution is 2.23. The van der Waals surface area contributed by atoms with E-state index in [2.05, 4.69) is 5.32 Å². The van der Waals surface area contributed by atoms with E-state index < -0.39 is 17.9 Å². The fourth-order valence-corrected chi connectivity index (χ4v) is 1.95. The second-order valence-corrected chi connectivity index (χ2v) is 4.46. The molecular formula is C13H15FN2O2. The standard InChI is InChI=1S/C13H15FN2O2/c1-3-8(2)11-12(17)16(13(18)15-11)10-6-4-9(14)5-7-10/h4-8,11H,3H2,1-2H3,(H,15,18). The van der Waals surface area contributed by atoms with E-state index >= 15 is 0 Å². The number of carbonyl (C=O) groups excluding carboxylic acids is 2. The number of nitrogens with zero attached hydrogens (tertiary/aromatic N) is 1. The minimum absolute atomic E-state index is 0.0758. The summed E-state index contributed by atoms with van der Waals surface area (Å²) >= 11 is 0. The first-order chi connectivity index (χ1) is 8.54. The Morgan fingerprint density at radius 2 is 1.94 bits per heavy atom. The Hall–Kier alpha value is -1.91. The predicted octanol–water partition coefficient (Wildman–Crippen LogP) is 2.30. The van der Waals surface area contributed by atoms with Gasteiger partial charge < -0.3 is 5.32 Å². The van der Waals surface area contributed by atoms with Gasteiger partial charge in [0.25, 0.3) is 5.91 Å². The molecule has 5 heteroatoms. The van der Waals surface area contributed by atoms with Gasteiger partial charge in [-0.2, -0.15) is 0 Å². The maximum absolute atomic E-state index is 12.8. The molecule has 2 atom stereocenters. The third-order valence-corrected chi connectivity index (χ3v) is 3.27. The lowest BCUT2D eigenvalue weighted by Gasteiger charge is -2.16. The Kier molecular flexibility index (Phi) is 3.32. The number of halogens is 1. The molecule has 0 aromatic heterocycles. The van der Waals surface area contributed by atoms with Crippen molar-refractivity contribution >= 4 is 17.6 Å². The highest BCUT2D eigenvalue weighted by atomic mass is 19.1. The van der Waals surface area contributed by atoms with E-state index in [-0.39, 0.29) is 11.8 Å². The Morgan fingerprint density at radius 3 is 2.50 bits per heavy atom. The van der Waals surface area contributed by atoms with Gasteiger partial charge in [-0.15, -0.1) is 0 Å². The Bertz CT molecular complexity index is 472. The van der Waals surface area contributed by atoms with E-state index in [1.807, 2.05) is 13.8 Å². The first-order valence-electron chi connectivity index (χ1n) is 5.94. The molecule has 2 rings (SSSR count). The number of imide groups is 1. The van der Waals surface area contributed by atoms with Crippen LogP contribution in [0.2, 0.25) is 0 Å². The summed E-state index contributed by atoms with van der Waals surface area (Å²) < 4.78 is 12.8. The van der Waals surface area contributed by atoms with E-state index in [1.165, 1.54) is 24.3 Å². The average molecular weight is 250 g/mol. The Balaban J connectivity index is 2.27. The van der Waals surface area contributed by atoms with Crippen LogP contribution in [-0.2, 0) is 4.79 Å². The van der Waals surface area contributed by atoms with Gasteiger partial charge in [-0.05, 0) is 30.2 Å². The van der Waals surface area contributed by atoms with Gasteiger partial charge in [0, 0.05) is 0 Å². The van der Waals surface area contributed by atoms with E-state index in [0.29, 0.717) is 5.69 Å². The monoisotopic (exact) mass is 250 g/mol. The van der Waals surface area contributed by atoms with Crippen molar-refractivity contribution in [1.82, 2.24) is 5.32 Å². The molecule has 1 aromatic rings. The zero-order valence-electron chi connectivity index (χ0n) is 10.3. The summed E-state index contributed by atoms with van der Waals surface area (Å²) in [6.45, 7) is 3.88. The molecule has 0 spiro atoms. The van der Waals surface area contributed by atoms with Crippen LogP contribution in [0.4, 0.5) is 14.9 Å². The average Bonchev–Trinajstić information content (AvgIpc) is 2.65. The maximum atomic E-state index is 12.8. The fraction of sp³-hybridized carbons (Fsp3) is 0.385. The van der Waals surface area contributed by atoms with E-state index in [4.69, 9.17) is 0 Å². The third kappa shape index (κ3) is 2.08. The van der Waals surface area contributed by atoms with Gasteiger partial charge in [0.1, 0.15) is 11.9 Å². The minimum Gasteiger partial charge on any atom is -0.325 e. The molecule has 1 aliphatic heterocycles. The lowest BCUT2D eigenvalue weighted by atomic mass is 9.99. The van der Waals surface area contributed by atoms with Gasteiger partial charge in [0.05, 0.1) is 5.69 Å². The quantitative estimate of drug-likeness (QED) is 0.837. The van der Waals surface area contributed by atoms with Crippen molar-refractivity contribution in [3.05, 3.63) is 30.1 Å². The third-order valence-electron chi connectivity index (χ3n) is 3.27. The van der Waals surface area contributed by atoms with Crippen LogP contribution in [0.15, 0.2) is 24.3 Å². The number of rotatable bonds is 3. The molecule has 1 aliphatic rings. The van der Waals surface area contributed by atoms with Gasteiger partial charge in [-0.1, -0.05) is 20.3 Å². The molecule has 1 saturated heterocycles. The fourth-order valence-electron chi connectivity index (χ4n) is 1.95. The first-order valence-corrected chi connectivity index (χ1v) is 5.94. The van der Waals surface area contributed by atoms with Gasteiger partial charge in [0.2, 0.25) is 0 Å². The van der Waals surface area contributed by atoms with Crippen LogP contribution in [0.25, 0.3) is 0 Å². The van der Waals surface area contributed by atoms with Crippen molar-refractivity contribution in [1.29, 1.82) is 0 Å². The van der Waals surface area contributed by atoms with Gasteiger partial charge in [-0.3, -0.25) is 4.79 Å². The molecule has 0 radical (unpaired) electrons.